The Morgan fingerprint density at radius 2 is 1.59 bits per heavy atom. The van der Waals surface area contributed by atoms with E-state index in [1.54, 1.807) is 0 Å². The fraction of sp³-hybridized carbons (Fsp3) is 0.0909. The van der Waals surface area contributed by atoms with Crippen molar-refractivity contribution in [1.29, 1.82) is 0 Å². The van der Waals surface area contributed by atoms with Crippen LogP contribution >= 0.6 is 0 Å². The molecule has 5 nitrogen and oxygen atoms in total. The molecule has 29 heavy (non-hydrogen) atoms. The number of carbonyl (C=O) groups is 2. The van der Waals surface area contributed by atoms with Gasteiger partial charge in [0.15, 0.2) is 11.6 Å². The van der Waals surface area contributed by atoms with E-state index in [0.717, 1.165) is 24.7 Å². The highest BCUT2D eigenvalue weighted by Gasteiger charge is 2.12. The van der Waals surface area contributed by atoms with Crippen LogP contribution in [0.3, 0.4) is 0 Å². The summed E-state index contributed by atoms with van der Waals surface area (Å²) in [4.78, 5) is 22.7. The number of halogens is 2. The van der Waals surface area contributed by atoms with Gasteiger partial charge in [0.2, 0.25) is 0 Å². The molecule has 0 saturated heterocycles. The Morgan fingerprint density at radius 1 is 0.897 bits per heavy atom. The van der Waals surface area contributed by atoms with E-state index in [1.165, 1.54) is 38.1 Å². The number of carbonyl (C=O) groups excluding carboxylic acids is 2. The molecule has 0 N–H and O–H groups in total. The summed E-state index contributed by atoms with van der Waals surface area (Å²) in [6.07, 6.45) is 1.94. The molecule has 0 aromatic heterocycles. The van der Waals surface area contributed by atoms with Gasteiger partial charge in [0.05, 0.1) is 0 Å². The number of hydrogen-bond donors (Lipinski definition) is 0. The van der Waals surface area contributed by atoms with Crippen molar-refractivity contribution < 1.29 is 32.6 Å². The minimum atomic E-state index is -0.754. The standard InChI is InChI=1S/C22H18F2O5/c1-13(2)21(25)28-10-9-27-20-8-5-15(11-19(20)24)17-7-6-16(12-18(17)23)29-22(26)14(3)4/h5-12H,1,3H2,2,4H3/b10-9-. The first kappa shape index (κ1) is 21.6. The zero-order valence-electron chi connectivity index (χ0n) is 15.8. The van der Waals surface area contributed by atoms with E-state index in [1.807, 2.05) is 0 Å². The summed E-state index contributed by atoms with van der Waals surface area (Å²) in [6.45, 7) is 9.80. The summed E-state index contributed by atoms with van der Waals surface area (Å²) in [5.74, 6) is -2.91. The highest BCUT2D eigenvalue weighted by atomic mass is 19.1. The van der Waals surface area contributed by atoms with Crippen LogP contribution in [-0.4, -0.2) is 11.9 Å². The highest BCUT2D eigenvalue weighted by molar-refractivity contribution is 5.89. The van der Waals surface area contributed by atoms with E-state index in [9.17, 15) is 18.4 Å². The first-order chi connectivity index (χ1) is 13.7. The van der Waals surface area contributed by atoms with Gasteiger partial charge in [-0.25, -0.2) is 18.4 Å². The van der Waals surface area contributed by atoms with Crippen molar-refractivity contribution in [1.82, 2.24) is 0 Å². The molecule has 0 heterocycles. The molecule has 0 atom stereocenters. The van der Waals surface area contributed by atoms with E-state index in [2.05, 4.69) is 17.9 Å². The van der Waals surface area contributed by atoms with Crippen molar-refractivity contribution in [2.24, 2.45) is 0 Å². The second-order valence-corrected chi connectivity index (χ2v) is 6.03. The second-order valence-electron chi connectivity index (χ2n) is 6.03. The Balaban J connectivity index is 2.12. The maximum absolute atomic E-state index is 14.4. The van der Waals surface area contributed by atoms with Crippen molar-refractivity contribution >= 4 is 11.9 Å². The Morgan fingerprint density at radius 3 is 2.17 bits per heavy atom. The normalized spacial score (nSPS) is 10.5. The van der Waals surface area contributed by atoms with Crippen LogP contribution in [0.1, 0.15) is 13.8 Å². The molecule has 0 radical (unpaired) electrons. The smallest absolute Gasteiger partial charge is 0.338 e. The molecule has 2 aromatic rings. The zero-order valence-corrected chi connectivity index (χ0v) is 15.8. The highest BCUT2D eigenvalue weighted by Crippen LogP contribution is 2.30. The van der Waals surface area contributed by atoms with Gasteiger partial charge in [0.1, 0.15) is 24.1 Å². The van der Waals surface area contributed by atoms with Crippen LogP contribution in [0.5, 0.6) is 11.5 Å². The van der Waals surface area contributed by atoms with Crippen molar-refractivity contribution in [2.75, 3.05) is 0 Å². The summed E-state index contributed by atoms with van der Waals surface area (Å²) in [5, 5.41) is 0. The predicted molar refractivity (Wildman–Crippen MR) is 103 cm³/mol. The van der Waals surface area contributed by atoms with Gasteiger partial charge in [-0.2, -0.15) is 0 Å². The number of esters is 2. The van der Waals surface area contributed by atoms with E-state index in [0.29, 0.717) is 0 Å². The number of ether oxygens (including phenoxy) is 3. The first-order valence-electron chi connectivity index (χ1n) is 8.34. The van der Waals surface area contributed by atoms with Crippen molar-refractivity contribution in [2.45, 2.75) is 13.8 Å². The summed E-state index contributed by atoms with van der Waals surface area (Å²) in [5.41, 5.74) is 0.738. The van der Waals surface area contributed by atoms with Crippen LogP contribution in [0.15, 0.2) is 73.2 Å². The molecule has 0 aliphatic rings. The van der Waals surface area contributed by atoms with Crippen LogP contribution in [0.4, 0.5) is 8.78 Å². The summed E-state index contributed by atoms with van der Waals surface area (Å²) >= 11 is 0. The molecule has 0 saturated carbocycles. The molecular weight excluding hydrogens is 382 g/mol. The van der Waals surface area contributed by atoms with Gasteiger partial charge >= 0.3 is 11.9 Å². The van der Waals surface area contributed by atoms with Crippen LogP contribution in [-0.2, 0) is 14.3 Å². The van der Waals surface area contributed by atoms with Crippen LogP contribution in [0.2, 0.25) is 0 Å². The summed E-state index contributed by atoms with van der Waals surface area (Å²) in [7, 11) is 0. The molecule has 2 rings (SSSR count). The third-order valence-corrected chi connectivity index (χ3v) is 3.52. The molecule has 0 amide bonds. The molecule has 0 fully saturated rings. The maximum Gasteiger partial charge on any atom is 0.338 e. The number of rotatable bonds is 7. The largest absolute Gasteiger partial charge is 0.459 e. The van der Waals surface area contributed by atoms with Gasteiger partial charge in [0, 0.05) is 22.8 Å². The quantitative estimate of drug-likeness (QED) is 0.281. The van der Waals surface area contributed by atoms with Crippen molar-refractivity contribution in [3.63, 3.8) is 0 Å². The molecule has 7 heteroatoms. The van der Waals surface area contributed by atoms with E-state index in [4.69, 9.17) is 9.47 Å². The molecule has 2 aromatic carbocycles. The summed E-state index contributed by atoms with van der Waals surface area (Å²) < 4.78 is 43.3. The van der Waals surface area contributed by atoms with Gasteiger partial charge < -0.3 is 14.2 Å². The van der Waals surface area contributed by atoms with E-state index < -0.39 is 23.6 Å². The minimum absolute atomic E-state index is 0.00845. The van der Waals surface area contributed by atoms with Crippen molar-refractivity contribution in [3.05, 3.63) is 84.9 Å². The third kappa shape index (κ3) is 5.87. The summed E-state index contributed by atoms with van der Waals surface area (Å²) in [6, 6.07) is 7.61. The first-order valence-corrected chi connectivity index (χ1v) is 8.34. The fourth-order valence-corrected chi connectivity index (χ4v) is 2.04. The van der Waals surface area contributed by atoms with Gasteiger partial charge in [-0.3, -0.25) is 0 Å². The van der Waals surface area contributed by atoms with Crippen LogP contribution < -0.4 is 9.47 Å². The van der Waals surface area contributed by atoms with Crippen LogP contribution in [0.25, 0.3) is 11.1 Å². The lowest BCUT2D eigenvalue weighted by atomic mass is 10.0. The molecule has 0 spiro atoms. The monoisotopic (exact) mass is 400 g/mol. The third-order valence-electron chi connectivity index (χ3n) is 3.52. The lowest BCUT2D eigenvalue weighted by Gasteiger charge is -2.09. The van der Waals surface area contributed by atoms with E-state index >= 15 is 0 Å². The zero-order chi connectivity index (χ0) is 21.6. The molecular formula is C22H18F2O5. The number of hydrogen-bond acceptors (Lipinski definition) is 5. The van der Waals surface area contributed by atoms with Crippen LogP contribution in [0, 0.1) is 11.6 Å². The molecule has 150 valence electrons. The minimum Gasteiger partial charge on any atom is -0.459 e. The SMILES string of the molecule is C=C(C)C(=O)O/C=C\Oc1ccc(-c2ccc(OC(=O)C(=C)C)cc2F)cc1F. The lowest BCUT2D eigenvalue weighted by molar-refractivity contribution is -0.133. The number of benzene rings is 2. The Bertz CT molecular complexity index is 1010. The Kier molecular flexibility index (Phi) is 7.03. The predicted octanol–water partition coefficient (Wildman–Crippen LogP) is 5.08. The van der Waals surface area contributed by atoms with Gasteiger partial charge in [-0.15, -0.1) is 0 Å². The average molecular weight is 400 g/mol. The second kappa shape index (κ2) is 9.45. The molecule has 0 bridgehead atoms. The Hall–Kier alpha value is -3.74. The van der Waals surface area contributed by atoms with Gasteiger partial charge in [-0.1, -0.05) is 19.2 Å². The fourth-order valence-electron chi connectivity index (χ4n) is 2.04. The molecule has 0 aliphatic carbocycles. The van der Waals surface area contributed by atoms with E-state index in [-0.39, 0.29) is 33.8 Å². The average Bonchev–Trinajstić information content (AvgIpc) is 2.66. The van der Waals surface area contributed by atoms with Gasteiger partial charge in [0.25, 0.3) is 0 Å². The molecule has 0 aliphatic heterocycles. The maximum atomic E-state index is 14.4. The van der Waals surface area contributed by atoms with Gasteiger partial charge in [-0.05, 0) is 43.7 Å². The van der Waals surface area contributed by atoms with Crippen molar-refractivity contribution in [3.8, 4) is 22.6 Å². The topological polar surface area (TPSA) is 61.8 Å². The Labute approximate surface area is 166 Å². The molecule has 0 unspecified atom stereocenters. The lowest BCUT2D eigenvalue weighted by Crippen LogP contribution is -2.08.